The second-order valence-corrected chi connectivity index (χ2v) is 4.28. The summed E-state index contributed by atoms with van der Waals surface area (Å²) in [5, 5.41) is 8.25. The van der Waals surface area contributed by atoms with Crippen LogP contribution < -0.4 is 5.73 Å². The van der Waals surface area contributed by atoms with Gasteiger partial charge in [-0.05, 0) is 12.8 Å². The van der Waals surface area contributed by atoms with Gasteiger partial charge in [0, 0.05) is 13.5 Å². The molecule has 102 valence electrons. The Bertz CT molecular complexity index is 385. The summed E-state index contributed by atoms with van der Waals surface area (Å²) >= 11 is 0. The molecular weight excluding hydrogens is 232 g/mol. The van der Waals surface area contributed by atoms with E-state index >= 15 is 0 Å². The van der Waals surface area contributed by atoms with E-state index in [2.05, 4.69) is 24.2 Å². The van der Waals surface area contributed by atoms with Gasteiger partial charge in [-0.15, -0.1) is 5.10 Å². The predicted octanol–water partition coefficient (Wildman–Crippen LogP) is 0.856. The standard InChI is InChI=1S/C12H22N4O2/c1-4-9(5-2)16-11(6-7-18-3)10(14-15-16)8-12(13)17/h9H,4-8H2,1-3H3,(H2,13,17). The van der Waals surface area contributed by atoms with Crippen molar-refractivity contribution < 1.29 is 9.53 Å². The minimum absolute atomic E-state index is 0.138. The molecule has 0 aliphatic rings. The first kappa shape index (κ1) is 14.6. The summed E-state index contributed by atoms with van der Waals surface area (Å²) in [5.41, 5.74) is 6.86. The zero-order valence-corrected chi connectivity index (χ0v) is 11.3. The molecule has 6 nitrogen and oxygen atoms in total. The summed E-state index contributed by atoms with van der Waals surface area (Å²) in [6.45, 7) is 4.81. The molecule has 1 amide bonds. The molecule has 0 spiro atoms. The summed E-state index contributed by atoms with van der Waals surface area (Å²) in [6.07, 6.45) is 2.80. The highest BCUT2D eigenvalue weighted by Gasteiger charge is 2.18. The van der Waals surface area contributed by atoms with Crippen molar-refractivity contribution in [1.29, 1.82) is 0 Å². The molecule has 0 aliphatic carbocycles. The second-order valence-electron chi connectivity index (χ2n) is 4.28. The Morgan fingerprint density at radius 2 is 2.11 bits per heavy atom. The fourth-order valence-corrected chi connectivity index (χ4v) is 2.03. The lowest BCUT2D eigenvalue weighted by molar-refractivity contribution is -0.117. The molecule has 1 aromatic rings. The van der Waals surface area contributed by atoms with Crippen LogP contribution in [0.15, 0.2) is 0 Å². The molecule has 0 aromatic carbocycles. The van der Waals surface area contributed by atoms with Gasteiger partial charge in [0.2, 0.25) is 5.91 Å². The molecule has 0 saturated heterocycles. The smallest absolute Gasteiger partial charge is 0.223 e. The molecule has 0 bridgehead atoms. The molecular formula is C12H22N4O2. The van der Waals surface area contributed by atoms with Crippen LogP contribution in [0.2, 0.25) is 0 Å². The molecule has 6 heteroatoms. The van der Waals surface area contributed by atoms with Crippen molar-refractivity contribution in [3.05, 3.63) is 11.4 Å². The summed E-state index contributed by atoms with van der Waals surface area (Å²) in [7, 11) is 1.65. The summed E-state index contributed by atoms with van der Waals surface area (Å²) < 4.78 is 7.01. The molecule has 2 N–H and O–H groups in total. The molecule has 0 aliphatic heterocycles. The second kappa shape index (κ2) is 7.10. The Labute approximate surface area is 107 Å². The number of aromatic nitrogens is 3. The lowest BCUT2D eigenvalue weighted by Crippen LogP contribution is -2.18. The van der Waals surface area contributed by atoms with Crippen LogP contribution in [-0.4, -0.2) is 34.6 Å². The first-order valence-corrected chi connectivity index (χ1v) is 6.34. The number of carbonyl (C=O) groups is 1. The minimum Gasteiger partial charge on any atom is -0.384 e. The monoisotopic (exact) mass is 254 g/mol. The van der Waals surface area contributed by atoms with Crippen LogP contribution in [0.5, 0.6) is 0 Å². The third-order valence-corrected chi connectivity index (χ3v) is 3.04. The van der Waals surface area contributed by atoms with Gasteiger partial charge in [-0.3, -0.25) is 4.79 Å². The average molecular weight is 254 g/mol. The number of amides is 1. The van der Waals surface area contributed by atoms with Crippen LogP contribution in [0.25, 0.3) is 0 Å². The fourth-order valence-electron chi connectivity index (χ4n) is 2.03. The van der Waals surface area contributed by atoms with Crippen LogP contribution in [0.4, 0.5) is 0 Å². The first-order valence-electron chi connectivity index (χ1n) is 6.34. The van der Waals surface area contributed by atoms with Gasteiger partial charge < -0.3 is 10.5 Å². The van der Waals surface area contributed by atoms with Crippen molar-refractivity contribution in [2.45, 2.75) is 45.6 Å². The van der Waals surface area contributed by atoms with E-state index in [4.69, 9.17) is 10.5 Å². The summed E-state index contributed by atoms with van der Waals surface area (Å²) in [6, 6.07) is 0.311. The van der Waals surface area contributed by atoms with Gasteiger partial charge in [-0.1, -0.05) is 19.1 Å². The quantitative estimate of drug-likeness (QED) is 0.745. The Kier molecular flexibility index (Phi) is 5.77. The number of ether oxygens (including phenoxy) is 1. The number of carbonyl (C=O) groups excluding carboxylic acids is 1. The molecule has 0 atom stereocenters. The van der Waals surface area contributed by atoms with Crippen molar-refractivity contribution in [3.63, 3.8) is 0 Å². The van der Waals surface area contributed by atoms with Gasteiger partial charge in [0.25, 0.3) is 0 Å². The highest BCUT2D eigenvalue weighted by atomic mass is 16.5. The van der Waals surface area contributed by atoms with Gasteiger partial charge in [-0.25, -0.2) is 4.68 Å². The number of methoxy groups -OCH3 is 1. The van der Waals surface area contributed by atoms with Gasteiger partial charge in [0.1, 0.15) is 0 Å². The Morgan fingerprint density at radius 3 is 2.61 bits per heavy atom. The zero-order valence-electron chi connectivity index (χ0n) is 11.3. The number of primary amides is 1. The SMILES string of the molecule is CCC(CC)n1nnc(CC(N)=O)c1CCOC. The first-order chi connectivity index (χ1) is 8.63. The lowest BCUT2D eigenvalue weighted by Gasteiger charge is -2.16. The van der Waals surface area contributed by atoms with Crippen molar-refractivity contribution in [3.8, 4) is 0 Å². The van der Waals surface area contributed by atoms with Gasteiger partial charge >= 0.3 is 0 Å². The van der Waals surface area contributed by atoms with Gasteiger partial charge in [0.05, 0.1) is 30.5 Å². The maximum Gasteiger partial charge on any atom is 0.223 e. The van der Waals surface area contributed by atoms with Gasteiger partial charge in [-0.2, -0.15) is 0 Å². The molecule has 1 heterocycles. The maximum atomic E-state index is 11.0. The van der Waals surface area contributed by atoms with Crippen LogP contribution in [0.3, 0.4) is 0 Å². The molecule has 0 unspecified atom stereocenters. The number of hydrogen-bond donors (Lipinski definition) is 1. The molecule has 0 fully saturated rings. The number of nitrogens with zero attached hydrogens (tertiary/aromatic N) is 3. The van der Waals surface area contributed by atoms with Crippen LogP contribution >= 0.6 is 0 Å². The van der Waals surface area contributed by atoms with Crippen LogP contribution in [-0.2, 0) is 22.4 Å². The van der Waals surface area contributed by atoms with Crippen molar-refractivity contribution in [2.24, 2.45) is 5.73 Å². The van der Waals surface area contributed by atoms with Gasteiger partial charge in [0.15, 0.2) is 0 Å². The van der Waals surface area contributed by atoms with Crippen molar-refractivity contribution in [2.75, 3.05) is 13.7 Å². The van der Waals surface area contributed by atoms with Crippen molar-refractivity contribution in [1.82, 2.24) is 15.0 Å². The van der Waals surface area contributed by atoms with E-state index in [1.165, 1.54) is 0 Å². The highest BCUT2D eigenvalue weighted by molar-refractivity contribution is 5.76. The molecule has 18 heavy (non-hydrogen) atoms. The van der Waals surface area contributed by atoms with E-state index in [9.17, 15) is 4.79 Å². The van der Waals surface area contributed by atoms with E-state index in [1.807, 2.05) is 4.68 Å². The van der Waals surface area contributed by atoms with Crippen LogP contribution in [0, 0.1) is 0 Å². The van der Waals surface area contributed by atoms with E-state index < -0.39 is 0 Å². The van der Waals surface area contributed by atoms with E-state index in [0.717, 1.165) is 18.5 Å². The zero-order chi connectivity index (χ0) is 13.5. The molecule has 1 rings (SSSR count). The third kappa shape index (κ3) is 3.53. The summed E-state index contributed by atoms with van der Waals surface area (Å²) in [4.78, 5) is 11.0. The Balaban J connectivity index is 3.01. The summed E-state index contributed by atoms with van der Waals surface area (Å²) in [5.74, 6) is -0.384. The lowest BCUT2D eigenvalue weighted by atomic mass is 10.1. The predicted molar refractivity (Wildman–Crippen MR) is 68.1 cm³/mol. The normalized spacial score (nSPS) is 11.1. The maximum absolute atomic E-state index is 11.0. The average Bonchev–Trinajstić information content (AvgIpc) is 2.71. The van der Waals surface area contributed by atoms with E-state index in [1.54, 1.807) is 7.11 Å². The van der Waals surface area contributed by atoms with Crippen molar-refractivity contribution >= 4 is 5.91 Å². The van der Waals surface area contributed by atoms with E-state index in [-0.39, 0.29) is 12.3 Å². The van der Waals surface area contributed by atoms with E-state index in [0.29, 0.717) is 24.8 Å². The Morgan fingerprint density at radius 1 is 1.44 bits per heavy atom. The number of nitrogens with two attached hydrogens (primary N) is 1. The minimum atomic E-state index is -0.384. The topological polar surface area (TPSA) is 83.0 Å². The molecule has 1 aromatic heterocycles. The fraction of sp³-hybridized carbons (Fsp3) is 0.750. The largest absolute Gasteiger partial charge is 0.384 e. The molecule has 0 saturated carbocycles. The number of hydrogen-bond acceptors (Lipinski definition) is 4. The highest BCUT2D eigenvalue weighted by Crippen LogP contribution is 2.19. The molecule has 0 radical (unpaired) electrons. The Hall–Kier alpha value is -1.43. The van der Waals surface area contributed by atoms with Crippen LogP contribution in [0.1, 0.15) is 44.1 Å². The number of rotatable bonds is 8. The third-order valence-electron chi connectivity index (χ3n) is 3.04.